The Balaban J connectivity index is 1.80. The summed E-state index contributed by atoms with van der Waals surface area (Å²) in [5, 5.41) is 47.3. The van der Waals surface area contributed by atoms with E-state index in [0.29, 0.717) is 22.8 Å². The van der Waals surface area contributed by atoms with Gasteiger partial charge in [-0.1, -0.05) is 35.9 Å². The van der Waals surface area contributed by atoms with E-state index in [0.717, 1.165) is 11.1 Å². The van der Waals surface area contributed by atoms with Crippen LogP contribution in [0, 0.1) is 5.41 Å². The normalized spacial score (nSPS) is 26.9. The average Bonchev–Trinajstić information content (AvgIpc) is 2.73. The highest BCUT2D eigenvalue weighted by atomic mass is 35.5. The summed E-state index contributed by atoms with van der Waals surface area (Å²) >= 11 is 6.35. The lowest BCUT2D eigenvalue weighted by atomic mass is 9.90. The quantitative estimate of drug-likeness (QED) is 0.431. The standard InChI is InChI=1S/C21H24ClNO6/c22-16-6-3-13(21-20(27)19(26)18(25)17(11-24)29-21)10-14(16)9-12-1-4-15(5-2-12)28-8-7-23/h1-7,10,17-21,23-27H,8-9,11H2/t17-,18-,19+,20-,21+/m1/s1. The number of hydrogen-bond donors (Lipinski definition) is 5. The van der Waals surface area contributed by atoms with Crippen molar-refractivity contribution in [3.8, 4) is 5.75 Å². The summed E-state index contributed by atoms with van der Waals surface area (Å²) in [4.78, 5) is 0. The molecule has 0 amide bonds. The van der Waals surface area contributed by atoms with Crippen molar-refractivity contribution in [2.45, 2.75) is 36.9 Å². The molecule has 2 aromatic carbocycles. The van der Waals surface area contributed by atoms with Gasteiger partial charge in [0.05, 0.1) is 6.61 Å². The molecule has 1 aliphatic heterocycles. The van der Waals surface area contributed by atoms with Gasteiger partial charge in [-0.2, -0.15) is 0 Å². The number of benzene rings is 2. The molecule has 1 heterocycles. The minimum absolute atomic E-state index is 0.215. The first-order valence-electron chi connectivity index (χ1n) is 9.24. The van der Waals surface area contributed by atoms with Crippen LogP contribution in [0.15, 0.2) is 42.5 Å². The number of halogens is 1. The largest absolute Gasteiger partial charge is 0.488 e. The summed E-state index contributed by atoms with van der Waals surface area (Å²) < 4.78 is 11.0. The van der Waals surface area contributed by atoms with E-state index in [2.05, 4.69) is 0 Å². The summed E-state index contributed by atoms with van der Waals surface area (Å²) in [6, 6.07) is 12.6. The highest BCUT2D eigenvalue weighted by molar-refractivity contribution is 6.31. The second-order valence-electron chi connectivity index (χ2n) is 6.94. The maximum absolute atomic E-state index is 10.3. The fourth-order valence-electron chi connectivity index (χ4n) is 3.35. The van der Waals surface area contributed by atoms with Gasteiger partial charge >= 0.3 is 0 Å². The van der Waals surface area contributed by atoms with Crippen molar-refractivity contribution >= 4 is 17.8 Å². The Bertz CT molecular complexity index is 828. The van der Waals surface area contributed by atoms with Gasteiger partial charge in [-0.25, -0.2) is 0 Å². The van der Waals surface area contributed by atoms with Gasteiger partial charge in [-0.3, -0.25) is 0 Å². The third-order valence-corrected chi connectivity index (χ3v) is 5.31. The van der Waals surface area contributed by atoms with Crippen molar-refractivity contribution < 1.29 is 29.9 Å². The summed E-state index contributed by atoms with van der Waals surface area (Å²) in [6.45, 7) is -0.263. The van der Waals surface area contributed by atoms with Crippen molar-refractivity contribution in [2.75, 3.05) is 13.2 Å². The van der Waals surface area contributed by atoms with Crippen molar-refractivity contribution in [2.24, 2.45) is 0 Å². The molecule has 0 bridgehead atoms. The fraction of sp³-hybridized carbons (Fsp3) is 0.381. The van der Waals surface area contributed by atoms with Crippen LogP contribution in [0.4, 0.5) is 0 Å². The maximum Gasteiger partial charge on any atom is 0.123 e. The smallest absolute Gasteiger partial charge is 0.123 e. The zero-order chi connectivity index (χ0) is 21.0. The van der Waals surface area contributed by atoms with Gasteiger partial charge in [-0.15, -0.1) is 0 Å². The predicted molar refractivity (Wildman–Crippen MR) is 108 cm³/mol. The Morgan fingerprint density at radius 1 is 1.03 bits per heavy atom. The Kier molecular flexibility index (Phi) is 7.23. The van der Waals surface area contributed by atoms with E-state index in [1.54, 1.807) is 18.2 Å². The number of nitrogens with one attached hydrogen (secondary N) is 1. The lowest BCUT2D eigenvalue weighted by Crippen LogP contribution is -2.55. The highest BCUT2D eigenvalue weighted by Crippen LogP contribution is 2.34. The second-order valence-corrected chi connectivity index (χ2v) is 7.34. The fourth-order valence-corrected chi connectivity index (χ4v) is 3.53. The molecular formula is C21H24ClNO6. The first-order chi connectivity index (χ1) is 13.9. The molecular weight excluding hydrogens is 398 g/mol. The van der Waals surface area contributed by atoms with Gasteiger partial charge in [0.2, 0.25) is 0 Å². The molecule has 0 unspecified atom stereocenters. The van der Waals surface area contributed by atoms with E-state index in [9.17, 15) is 20.4 Å². The van der Waals surface area contributed by atoms with Gasteiger partial charge in [0, 0.05) is 11.2 Å². The number of ether oxygens (including phenoxy) is 2. The monoisotopic (exact) mass is 421 g/mol. The molecule has 29 heavy (non-hydrogen) atoms. The van der Waals surface area contributed by atoms with Crippen molar-refractivity contribution in [1.29, 1.82) is 5.41 Å². The van der Waals surface area contributed by atoms with Crippen LogP contribution in [0.3, 0.4) is 0 Å². The summed E-state index contributed by atoms with van der Waals surface area (Å²) in [7, 11) is 0. The van der Waals surface area contributed by atoms with Crippen LogP contribution >= 0.6 is 11.6 Å². The van der Waals surface area contributed by atoms with E-state index in [1.807, 2.05) is 24.3 Å². The van der Waals surface area contributed by atoms with Crippen LogP contribution in [0.1, 0.15) is 22.8 Å². The third kappa shape index (κ3) is 4.95. The zero-order valence-electron chi connectivity index (χ0n) is 15.6. The van der Waals surface area contributed by atoms with Gasteiger partial charge in [0.1, 0.15) is 42.9 Å². The van der Waals surface area contributed by atoms with Crippen molar-refractivity contribution in [3.05, 3.63) is 64.2 Å². The number of hydrogen-bond acceptors (Lipinski definition) is 7. The van der Waals surface area contributed by atoms with Crippen LogP contribution in [0.5, 0.6) is 5.75 Å². The lowest BCUT2D eigenvalue weighted by molar-refractivity contribution is -0.231. The third-order valence-electron chi connectivity index (χ3n) is 4.94. The van der Waals surface area contributed by atoms with Crippen LogP contribution < -0.4 is 4.74 Å². The van der Waals surface area contributed by atoms with E-state index in [4.69, 9.17) is 26.5 Å². The van der Waals surface area contributed by atoms with Crippen LogP contribution in [-0.4, -0.2) is 64.3 Å². The molecule has 5 atom stereocenters. The molecule has 7 nitrogen and oxygen atoms in total. The van der Waals surface area contributed by atoms with E-state index in [1.165, 1.54) is 6.21 Å². The highest BCUT2D eigenvalue weighted by Gasteiger charge is 2.43. The molecule has 1 saturated heterocycles. The maximum atomic E-state index is 10.3. The molecule has 1 fully saturated rings. The summed E-state index contributed by atoms with van der Waals surface area (Å²) in [5.41, 5.74) is 2.38. The van der Waals surface area contributed by atoms with E-state index >= 15 is 0 Å². The van der Waals surface area contributed by atoms with Gasteiger partial charge in [0.15, 0.2) is 0 Å². The number of aliphatic hydroxyl groups excluding tert-OH is 4. The molecule has 5 N–H and O–H groups in total. The minimum Gasteiger partial charge on any atom is -0.488 e. The van der Waals surface area contributed by atoms with Crippen LogP contribution in [0.25, 0.3) is 0 Å². The van der Waals surface area contributed by atoms with Gasteiger partial charge < -0.3 is 35.3 Å². The first kappa shape index (κ1) is 21.7. The molecule has 0 saturated carbocycles. The SMILES string of the molecule is N=CCOc1ccc(Cc2cc([C@@H]3O[C@H](CO)[C@@H](O)[C@H](O)[C@H]3O)ccc2Cl)cc1. The Morgan fingerprint density at radius 2 is 1.76 bits per heavy atom. The van der Waals surface area contributed by atoms with Crippen molar-refractivity contribution in [3.63, 3.8) is 0 Å². The topological polar surface area (TPSA) is 123 Å². The van der Waals surface area contributed by atoms with Gasteiger partial charge in [-0.05, 0) is 41.3 Å². The first-order valence-corrected chi connectivity index (χ1v) is 9.62. The molecule has 0 radical (unpaired) electrons. The summed E-state index contributed by atoms with van der Waals surface area (Å²) in [5.74, 6) is 0.665. The number of aliphatic hydroxyl groups is 4. The predicted octanol–water partition coefficient (Wildman–Crippen LogP) is 1.47. The molecule has 0 aliphatic carbocycles. The van der Waals surface area contributed by atoms with Crippen LogP contribution in [0.2, 0.25) is 5.02 Å². The molecule has 156 valence electrons. The molecule has 8 heteroatoms. The Hall–Kier alpha value is -2.00. The van der Waals surface area contributed by atoms with E-state index < -0.39 is 37.1 Å². The van der Waals surface area contributed by atoms with E-state index in [-0.39, 0.29) is 6.61 Å². The molecule has 1 aliphatic rings. The molecule has 2 aromatic rings. The Labute approximate surface area is 173 Å². The van der Waals surface area contributed by atoms with Crippen molar-refractivity contribution in [1.82, 2.24) is 0 Å². The average molecular weight is 422 g/mol. The molecule has 3 rings (SSSR count). The lowest BCUT2D eigenvalue weighted by Gasteiger charge is -2.40. The minimum atomic E-state index is -1.43. The molecule has 0 spiro atoms. The summed E-state index contributed by atoms with van der Waals surface area (Å²) in [6.07, 6.45) is -4.34. The molecule has 0 aromatic heterocycles. The Morgan fingerprint density at radius 3 is 2.41 bits per heavy atom. The van der Waals surface area contributed by atoms with Crippen LogP contribution in [-0.2, 0) is 11.2 Å². The second kappa shape index (κ2) is 9.67. The zero-order valence-corrected chi connectivity index (χ0v) is 16.4. The van der Waals surface area contributed by atoms with Gasteiger partial charge in [0.25, 0.3) is 0 Å². The number of rotatable bonds is 7.